The highest BCUT2D eigenvalue weighted by atomic mass is 19.4. The summed E-state index contributed by atoms with van der Waals surface area (Å²) in [5.74, 6) is -0.0988. The summed E-state index contributed by atoms with van der Waals surface area (Å²) < 4.78 is 38.7. The second-order valence-corrected chi connectivity index (χ2v) is 7.62. The van der Waals surface area contributed by atoms with E-state index in [9.17, 15) is 18.0 Å². The molecular weight excluding hydrogens is 377 g/mol. The van der Waals surface area contributed by atoms with E-state index in [4.69, 9.17) is 0 Å². The van der Waals surface area contributed by atoms with Crippen LogP contribution in [-0.4, -0.2) is 30.4 Å². The number of benzene rings is 2. The van der Waals surface area contributed by atoms with Crippen molar-refractivity contribution in [2.45, 2.75) is 32.0 Å². The first kappa shape index (κ1) is 19.6. The third-order valence-corrected chi connectivity index (χ3v) is 5.79. The van der Waals surface area contributed by atoms with Gasteiger partial charge in [-0.2, -0.15) is 13.2 Å². The molecule has 2 heterocycles. The number of fused-ring (bicyclic) bond motifs is 1. The van der Waals surface area contributed by atoms with Crippen molar-refractivity contribution in [1.29, 1.82) is 0 Å². The van der Waals surface area contributed by atoms with E-state index >= 15 is 0 Å². The molecule has 1 saturated heterocycles. The maximum absolute atomic E-state index is 12.9. The Morgan fingerprint density at radius 3 is 2.31 bits per heavy atom. The number of alkyl halides is 3. The fourth-order valence-electron chi connectivity index (χ4n) is 4.25. The van der Waals surface area contributed by atoms with E-state index in [1.807, 2.05) is 6.07 Å². The molecule has 1 fully saturated rings. The molecule has 4 rings (SSSR count). The Hall–Kier alpha value is -2.76. The summed E-state index contributed by atoms with van der Waals surface area (Å²) in [7, 11) is 0. The standard InChI is InChI=1S/C23H23F3N2O/c1-2-22(29)28-12-9-20-18(15-28)13-17(14-21(20)27-10-3-4-11-27)16-5-7-19(8-6-16)23(24,25)26/h2,5-8,13-14H,1,3-4,9-12,15H2. The summed E-state index contributed by atoms with van der Waals surface area (Å²) in [5.41, 5.74) is 4.43. The summed E-state index contributed by atoms with van der Waals surface area (Å²) in [6.45, 7) is 6.69. The van der Waals surface area contributed by atoms with Crippen LogP contribution in [0, 0.1) is 0 Å². The van der Waals surface area contributed by atoms with Gasteiger partial charge in [0.25, 0.3) is 0 Å². The van der Waals surface area contributed by atoms with Crippen LogP contribution in [0.3, 0.4) is 0 Å². The van der Waals surface area contributed by atoms with Gasteiger partial charge in [0.1, 0.15) is 0 Å². The fourth-order valence-corrected chi connectivity index (χ4v) is 4.25. The first-order valence-corrected chi connectivity index (χ1v) is 9.86. The highest BCUT2D eigenvalue weighted by molar-refractivity contribution is 5.87. The number of carbonyl (C=O) groups excluding carboxylic acids is 1. The SMILES string of the molecule is C=CC(=O)N1CCc2c(cc(-c3ccc(C(F)(F)F)cc3)cc2N2CCCC2)C1. The van der Waals surface area contributed by atoms with Gasteiger partial charge in [-0.15, -0.1) is 0 Å². The lowest BCUT2D eigenvalue weighted by Gasteiger charge is -2.32. The average Bonchev–Trinajstić information content (AvgIpc) is 3.26. The monoisotopic (exact) mass is 400 g/mol. The van der Waals surface area contributed by atoms with Crippen LogP contribution in [0.25, 0.3) is 11.1 Å². The molecule has 0 atom stereocenters. The zero-order valence-electron chi connectivity index (χ0n) is 16.1. The Bertz CT molecular complexity index is 928. The van der Waals surface area contributed by atoms with Gasteiger partial charge in [-0.3, -0.25) is 4.79 Å². The number of amides is 1. The van der Waals surface area contributed by atoms with Gasteiger partial charge in [-0.25, -0.2) is 0 Å². The first-order chi connectivity index (χ1) is 13.9. The lowest BCUT2D eigenvalue weighted by Crippen LogP contribution is -2.35. The fraction of sp³-hybridized carbons (Fsp3) is 0.348. The Labute approximate surface area is 168 Å². The summed E-state index contributed by atoms with van der Waals surface area (Å²) in [6, 6.07) is 9.40. The molecule has 1 amide bonds. The molecule has 6 heteroatoms. The minimum atomic E-state index is -4.35. The van der Waals surface area contributed by atoms with Crippen molar-refractivity contribution in [2.75, 3.05) is 24.5 Å². The molecule has 29 heavy (non-hydrogen) atoms. The van der Waals surface area contributed by atoms with Gasteiger partial charge in [0.05, 0.1) is 5.56 Å². The average molecular weight is 400 g/mol. The van der Waals surface area contributed by atoms with Crippen LogP contribution in [0.5, 0.6) is 0 Å². The molecule has 3 nitrogen and oxygen atoms in total. The van der Waals surface area contributed by atoms with Gasteiger partial charge in [0.15, 0.2) is 0 Å². The van der Waals surface area contributed by atoms with Crippen LogP contribution in [-0.2, 0) is 23.9 Å². The van der Waals surface area contributed by atoms with Gasteiger partial charge >= 0.3 is 6.18 Å². The van der Waals surface area contributed by atoms with Crippen molar-refractivity contribution in [1.82, 2.24) is 4.90 Å². The molecule has 152 valence electrons. The zero-order chi connectivity index (χ0) is 20.6. The van der Waals surface area contributed by atoms with E-state index in [2.05, 4.69) is 17.5 Å². The largest absolute Gasteiger partial charge is 0.416 e. The third-order valence-electron chi connectivity index (χ3n) is 5.79. The minimum absolute atomic E-state index is 0.0988. The summed E-state index contributed by atoms with van der Waals surface area (Å²) in [6.07, 6.45) is 0.0292. The lowest BCUT2D eigenvalue weighted by atomic mass is 9.92. The van der Waals surface area contributed by atoms with Gasteiger partial charge in [0, 0.05) is 31.9 Å². The summed E-state index contributed by atoms with van der Waals surface area (Å²) in [5, 5.41) is 0. The van der Waals surface area contributed by atoms with Gasteiger partial charge in [-0.05, 0) is 71.9 Å². The number of carbonyl (C=O) groups is 1. The van der Waals surface area contributed by atoms with E-state index in [1.165, 1.54) is 23.8 Å². The Morgan fingerprint density at radius 1 is 1.00 bits per heavy atom. The van der Waals surface area contributed by atoms with Crippen LogP contribution < -0.4 is 4.90 Å². The molecule has 0 unspecified atom stereocenters. The molecule has 2 aliphatic rings. The lowest BCUT2D eigenvalue weighted by molar-refractivity contribution is -0.137. The molecule has 0 aliphatic carbocycles. The Kier molecular flexibility index (Phi) is 5.11. The number of hydrogen-bond acceptors (Lipinski definition) is 2. The molecule has 0 spiro atoms. The van der Waals surface area contributed by atoms with E-state index in [0.29, 0.717) is 13.1 Å². The van der Waals surface area contributed by atoms with Crippen LogP contribution >= 0.6 is 0 Å². The third kappa shape index (κ3) is 3.88. The predicted octanol–water partition coefficient (Wildman–Crippen LogP) is 5.04. The maximum atomic E-state index is 12.9. The smallest absolute Gasteiger partial charge is 0.371 e. The second-order valence-electron chi connectivity index (χ2n) is 7.62. The van der Waals surface area contributed by atoms with E-state index < -0.39 is 11.7 Å². The van der Waals surface area contributed by atoms with Crippen molar-refractivity contribution in [3.8, 4) is 11.1 Å². The highest BCUT2D eigenvalue weighted by Gasteiger charge is 2.30. The molecule has 0 N–H and O–H groups in total. The molecule has 2 aliphatic heterocycles. The second kappa shape index (κ2) is 7.58. The summed E-state index contributed by atoms with van der Waals surface area (Å²) >= 11 is 0. The molecule has 2 aromatic carbocycles. The Balaban J connectivity index is 1.75. The molecule has 0 aromatic heterocycles. The molecular formula is C23H23F3N2O. The number of rotatable bonds is 3. The zero-order valence-corrected chi connectivity index (χ0v) is 16.1. The Morgan fingerprint density at radius 2 is 1.69 bits per heavy atom. The number of anilines is 1. The first-order valence-electron chi connectivity index (χ1n) is 9.86. The van der Waals surface area contributed by atoms with Crippen LogP contribution in [0.15, 0.2) is 49.1 Å². The number of nitrogens with zero attached hydrogens (tertiary/aromatic N) is 2. The van der Waals surface area contributed by atoms with Crippen LogP contribution in [0.4, 0.5) is 18.9 Å². The van der Waals surface area contributed by atoms with Crippen molar-refractivity contribution < 1.29 is 18.0 Å². The van der Waals surface area contributed by atoms with Crippen LogP contribution in [0.1, 0.15) is 29.5 Å². The maximum Gasteiger partial charge on any atom is 0.416 e. The molecule has 0 radical (unpaired) electrons. The van der Waals surface area contributed by atoms with E-state index in [1.54, 1.807) is 4.90 Å². The van der Waals surface area contributed by atoms with Crippen molar-refractivity contribution in [3.05, 3.63) is 65.7 Å². The molecule has 2 aromatic rings. The molecule has 0 bridgehead atoms. The van der Waals surface area contributed by atoms with Crippen molar-refractivity contribution >= 4 is 11.6 Å². The highest BCUT2D eigenvalue weighted by Crippen LogP contribution is 2.37. The van der Waals surface area contributed by atoms with Gasteiger partial charge in [0.2, 0.25) is 5.91 Å². The van der Waals surface area contributed by atoms with Gasteiger partial charge < -0.3 is 9.80 Å². The van der Waals surface area contributed by atoms with Crippen molar-refractivity contribution in [3.63, 3.8) is 0 Å². The normalized spacial score (nSPS) is 16.7. The topological polar surface area (TPSA) is 23.6 Å². The van der Waals surface area contributed by atoms with E-state index in [-0.39, 0.29) is 5.91 Å². The van der Waals surface area contributed by atoms with Crippen molar-refractivity contribution in [2.24, 2.45) is 0 Å². The van der Waals surface area contributed by atoms with Crippen LogP contribution in [0.2, 0.25) is 0 Å². The van der Waals surface area contributed by atoms with E-state index in [0.717, 1.165) is 66.9 Å². The number of halogens is 3. The molecule has 0 saturated carbocycles. The minimum Gasteiger partial charge on any atom is -0.371 e. The summed E-state index contributed by atoms with van der Waals surface area (Å²) in [4.78, 5) is 16.2. The number of hydrogen-bond donors (Lipinski definition) is 0. The van der Waals surface area contributed by atoms with Gasteiger partial charge in [-0.1, -0.05) is 18.7 Å². The predicted molar refractivity (Wildman–Crippen MR) is 108 cm³/mol. The quantitative estimate of drug-likeness (QED) is 0.674.